The summed E-state index contributed by atoms with van der Waals surface area (Å²) >= 11 is 0. The van der Waals surface area contributed by atoms with E-state index in [1.807, 2.05) is 38.1 Å². The molecule has 5 nitrogen and oxygen atoms in total. The highest BCUT2D eigenvalue weighted by molar-refractivity contribution is 5.94. The summed E-state index contributed by atoms with van der Waals surface area (Å²) in [7, 11) is 5.83. The number of aromatic nitrogens is 1. The molecule has 2 heterocycles. The minimum Gasteiger partial charge on any atom is -0.373 e. The Hall–Kier alpha value is -1.62. The highest BCUT2D eigenvalue weighted by Crippen LogP contribution is 2.17. The molecular formula is C15H24N4O. The number of amides is 1. The van der Waals surface area contributed by atoms with Crippen LogP contribution < -0.4 is 5.32 Å². The van der Waals surface area contributed by atoms with Crippen molar-refractivity contribution in [2.24, 2.45) is 5.92 Å². The molecule has 0 saturated carbocycles. The Labute approximate surface area is 121 Å². The van der Waals surface area contributed by atoms with Crippen LogP contribution in [-0.4, -0.2) is 61.5 Å². The smallest absolute Gasteiger partial charge is 0.253 e. The summed E-state index contributed by atoms with van der Waals surface area (Å²) < 4.78 is 0. The van der Waals surface area contributed by atoms with Gasteiger partial charge >= 0.3 is 0 Å². The van der Waals surface area contributed by atoms with Crippen LogP contribution in [0.15, 0.2) is 12.1 Å². The van der Waals surface area contributed by atoms with Crippen molar-refractivity contribution in [3.63, 3.8) is 0 Å². The van der Waals surface area contributed by atoms with E-state index in [-0.39, 0.29) is 5.91 Å². The Bertz CT molecular complexity index is 489. The van der Waals surface area contributed by atoms with Gasteiger partial charge in [0, 0.05) is 38.4 Å². The van der Waals surface area contributed by atoms with Gasteiger partial charge in [0.2, 0.25) is 0 Å². The van der Waals surface area contributed by atoms with Crippen LogP contribution in [0, 0.1) is 12.8 Å². The molecule has 5 heteroatoms. The van der Waals surface area contributed by atoms with E-state index < -0.39 is 0 Å². The Morgan fingerprint density at radius 3 is 2.90 bits per heavy atom. The molecule has 0 aromatic carbocycles. The fourth-order valence-electron chi connectivity index (χ4n) is 2.79. The number of nitrogens with one attached hydrogen (secondary N) is 1. The standard InChI is InChI=1S/C15H24N4O/c1-11-7-13(8-14(16-2)17-11)15(20)19(4)10-12-5-6-18(3)9-12/h7-8,12H,5-6,9-10H2,1-4H3,(H,16,17). The zero-order valence-electron chi connectivity index (χ0n) is 12.8. The molecule has 0 radical (unpaired) electrons. The van der Waals surface area contributed by atoms with E-state index in [0.29, 0.717) is 11.5 Å². The Balaban J connectivity index is 2.04. The average molecular weight is 276 g/mol. The van der Waals surface area contributed by atoms with E-state index in [0.717, 1.165) is 31.1 Å². The van der Waals surface area contributed by atoms with Gasteiger partial charge < -0.3 is 15.1 Å². The molecule has 1 N–H and O–H groups in total. The van der Waals surface area contributed by atoms with Gasteiger partial charge in [-0.3, -0.25) is 4.79 Å². The number of nitrogens with zero attached hydrogens (tertiary/aromatic N) is 3. The van der Waals surface area contributed by atoms with Crippen LogP contribution in [0.3, 0.4) is 0 Å². The number of pyridine rings is 1. The first-order valence-corrected chi connectivity index (χ1v) is 7.10. The lowest BCUT2D eigenvalue weighted by molar-refractivity contribution is 0.0774. The summed E-state index contributed by atoms with van der Waals surface area (Å²) in [5, 5.41) is 2.99. The minimum absolute atomic E-state index is 0.0709. The lowest BCUT2D eigenvalue weighted by Crippen LogP contribution is -2.33. The van der Waals surface area contributed by atoms with Crippen LogP contribution in [0.4, 0.5) is 5.82 Å². The second-order valence-electron chi connectivity index (χ2n) is 5.74. The molecule has 110 valence electrons. The quantitative estimate of drug-likeness (QED) is 0.904. The molecule has 1 amide bonds. The van der Waals surface area contributed by atoms with Crippen LogP contribution in [0.25, 0.3) is 0 Å². The summed E-state index contributed by atoms with van der Waals surface area (Å²) in [5.74, 6) is 1.39. The number of likely N-dealkylation sites (tertiary alicyclic amines) is 1. The number of carbonyl (C=O) groups excluding carboxylic acids is 1. The fraction of sp³-hybridized carbons (Fsp3) is 0.600. The lowest BCUT2D eigenvalue weighted by atomic mass is 10.1. The van der Waals surface area contributed by atoms with E-state index >= 15 is 0 Å². The monoisotopic (exact) mass is 276 g/mol. The molecule has 1 unspecified atom stereocenters. The van der Waals surface area contributed by atoms with Crippen molar-refractivity contribution in [2.75, 3.05) is 46.1 Å². The lowest BCUT2D eigenvalue weighted by Gasteiger charge is -2.21. The van der Waals surface area contributed by atoms with Gasteiger partial charge in [-0.2, -0.15) is 0 Å². The van der Waals surface area contributed by atoms with Gasteiger partial charge in [0.25, 0.3) is 5.91 Å². The maximum Gasteiger partial charge on any atom is 0.253 e. The zero-order valence-corrected chi connectivity index (χ0v) is 12.8. The summed E-state index contributed by atoms with van der Waals surface area (Å²) in [6.07, 6.45) is 1.17. The predicted octanol–water partition coefficient (Wildman–Crippen LogP) is 1.46. The molecule has 1 atom stereocenters. The SMILES string of the molecule is CNc1cc(C(=O)N(C)CC2CCN(C)C2)cc(C)n1. The average Bonchev–Trinajstić information content (AvgIpc) is 2.82. The molecule has 1 aliphatic rings. The van der Waals surface area contributed by atoms with Crippen molar-refractivity contribution in [3.05, 3.63) is 23.4 Å². The van der Waals surface area contributed by atoms with Crippen molar-refractivity contribution in [3.8, 4) is 0 Å². The normalized spacial score (nSPS) is 19.1. The maximum atomic E-state index is 12.5. The summed E-state index contributed by atoms with van der Waals surface area (Å²) in [5.41, 5.74) is 1.56. The van der Waals surface area contributed by atoms with Gasteiger partial charge in [0.05, 0.1) is 0 Å². The van der Waals surface area contributed by atoms with E-state index in [1.165, 1.54) is 6.42 Å². The third-order valence-electron chi connectivity index (χ3n) is 3.82. The number of anilines is 1. The van der Waals surface area contributed by atoms with Crippen LogP contribution in [0.1, 0.15) is 22.5 Å². The van der Waals surface area contributed by atoms with Crippen molar-refractivity contribution in [1.29, 1.82) is 0 Å². The van der Waals surface area contributed by atoms with Gasteiger partial charge in [0.1, 0.15) is 5.82 Å². The zero-order chi connectivity index (χ0) is 14.7. The van der Waals surface area contributed by atoms with Crippen LogP contribution in [-0.2, 0) is 0 Å². The van der Waals surface area contributed by atoms with Crippen molar-refractivity contribution < 1.29 is 4.79 Å². The Morgan fingerprint density at radius 1 is 1.55 bits per heavy atom. The highest BCUT2D eigenvalue weighted by atomic mass is 16.2. The van der Waals surface area contributed by atoms with E-state index in [9.17, 15) is 4.79 Å². The van der Waals surface area contributed by atoms with Crippen LogP contribution >= 0.6 is 0 Å². The van der Waals surface area contributed by atoms with E-state index in [4.69, 9.17) is 0 Å². The first-order chi connectivity index (χ1) is 9.49. The number of aryl methyl sites for hydroxylation is 1. The Kier molecular flexibility index (Phi) is 4.60. The minimum atomic E-state index is 0.0709. The van der Waals surface area contributed by atoms with Crippen molar-refractivity contribution in [1.82, 2.24) is 14.8 Å². The van der Waals surface area contributed by atoms with Crippen LogP contribution in [0.5, 0.6) is 0 Å². The molecule has 2 rings (SSSR count). The topological polar surface area (TPSA) is 48.5 Å². The second-order valence-corrected chi connectivity index (χ2v) is 5.74. The number of carbonyl (C=O) groups is 1. The molecule has 1 saturated heterocycles. The summed E-state index contributed by atoms with van der Waals surface area (Å²) in [6, 6.07) is 3.66. The molecule has 1 fully saturated rings. The van der Waals surface area contributed by atoms with Gasteiger partial charge in [-0.15, -0.1) is 0 Å². The molecule has 0 spiro atoms. The summed E-state index contributed by atoms with van der Waals surface area (Å²) in [4.78, 5) is 21.0. The van der Waals surface area contributed by atoms with Gasteiger partial charge in [-0.05, 0) is 45.0 Å². The third kappa shape index (κ3) is 3.48. The molecule has 0 aliphatic carbocycles. The third-order valence-corrected chi connectivity index (χ3v) is 3.82. The molecule has 1 aromatic rings. The molecule has 1 aromatic heterocycles. The number of rotatable bonds is 4. The molecule has 0 bridgehead atoms. The highest BCUT2D eigenvalue weighted by Gasteiger charge is 2.23. The number of hydrogen-bond acceptors (Lipinski definition) is 4. The van der Waals surface area contributed by atoms with Gasteiger partial charge in [-0.1, -0.05) is 0 Å². The molecule has 1 aliphatic heterocycles. The first kappa shape index (κ1) is 14.8. The fourth-order valence-corrected chi connectivity index (χ4v) is 2.79. The van der Waals surface area contributed by atoms with E-state index in [1.54, 1.807) is 0 Å². The maximum absolute atomic E-state index is 12.5. The first-order valence-electron chi connectivity index (χ1n) is 7.10. The van der Waals surface area contributed by atoms with Gasteiger partial charge in [-0.25, -0.2) is 4.98 Å². The summed E-state index contributed by atoms with van der Waals surface area (Å²) in [6.45, 7) is 4.93. The second kappa shape index (κ2) is 6.22. The van der Waals surface area contributed by atoms with Crippen molar-refractivity contribution in [2.45, 2.75) is 13.3 Å². The van der Waals surface area contributed by atoms with E-state index in [2.05, 4.69) is 22.2 Å². The number of hydrogen-bond donors (Lipinski definition) is 1. The van der Waals surface area contributed by atoms with Gasteiger partial charge in [0.15, 0.2) is 0 Å². The Morgan fingerprint density at radius 2 is 2.30 bits per heavy atom. The van der Waals surface area contributed by atoms with Crippen molar-refractivity contribution >= 4 is 11.7 Å². The predicted molar refractivity (Wildman–Crippen MR) is 81.1 cm³/mol. The molecular weight excluding hydrogens is 252 g/mol. The molecule has 20 heavy (non-hydrogen) atoms. The largest absolute Gasteiger partial charge is 0.373 e. The van der Waals surface area contributed by atoms with Crippen LogP contribution in [0.2, 0.25) is 0 Å².